The molecule has 0 saturated carbocycles. The highest BCUT2D eigenvalue weighted by atomic mass is 16.5. The minimum Gasteiger partial charge on any atom is -0.492 e. The van der Waals surface area contributed by atoms with Gasteiger partial charge in [0, 0.05) is 6.54 Å². The molecule has 1 atom stereocenters. The quantitative estimate of drug-likeness (QED) is 0.486. The Morgan fingerprint density at radius 1 is 1.12 bits per heavy atom. The molecular formula is C23H25N7O3. The molecule has 2 N–H and O–H groups in total. The number of nitrogens with zero attached hydrogens (tertiary/aromatic N) is 5. The lowest BCUT2D eigenvalue weighted by molar-refractivity contribution is 0.0934. The SMILES string of the molecule is CCOc1ccc(C(=O)NCCn2cc(C(=O)NC(C#N)c3ccc(CC)cc3)nn2)nc1. The molecule has 3 rings (SSSR count). The van der Waals surface area contributed by atoms with E-state index in [4.69, 9.17) is 4.74 Å². The van der Waals surface area contributed by atoms with Crippen molar-refractivity contribution < 1.29 is 14.3 Å². The first kappa shape index (κ1) is 23.4. The van der Waals surface area contributed by atoms with E-state index in [9.17, 15) is 14.9 Å². The molecule has 10 heteroatoms. The first-order chi connectivity index (χ1) is 16.0. The Bertz CT molecular complexity index is 1120. The number of aryl methyl sites for hydroxylation is 1. The highest BCUT2D eigenvalue weighted by Crippen LogP contribution is 2.14. The minimum atomic E-state index is -0.797. The average Bonchev–Trinajstić information content (AvgIpc) is 3.32. The molecule has 0 aliphatic carbocycles. The number of aromatic nitrogens is 4. The van der Waals surface area contributed by atoms with Gasteiger partial charge in [-0.3, -0.25) is 9.59 Å². The first-order valence-corrected chi connectivity index (χ1v) is 10.6. The molecule has 0 fully saturated rings. The van der Waals surface area contributed by atoms with Crippen LogP contribution < -0.4 is 15.4 Å². The summed E-state index contributed by atoms with van der Waals surface area (Å²) in [4.78, 5) is 28.8. The Kier molecular flexibility index (Phi) is 8.07. The summed E-state index contributed by atoms with van der Waals surface area (Å²) < 4.78 is 6.75. The minimum absolute atomic E-state index is 0.0833. The van der Waals surface area contributed by atoms with Crippen LogP contribution in [0.1, 0.15) is 52.0 Å². The van der Waals surface area contributed by atoms with E-state index < -0.39 is 11.9 Å². The van der Waals surface area contributed by atoms with Crippen LogP contribution in [0.2, 0.25) is 0 Å². The molecule has 1 unspecified atom stereocenters. The Morgan fingerprint density at radius 2 is 1.91 bits per heavy atom. The van der Waals surface area contributed by atoms with Crippen molar-refractivity contribution in [3.63, 3.8) is 0 Å². The maximum absolute atomic E-state index is 12.5. The molecule has 0 saturated heterocycles. The smallest absolute Gasteiger partial charge is 0.274 e. The number of nitrogens with one attached hydrogen (secondary N) is 2. The van der Waals surface area contributed by atoms with Gasteiger partial charge < -0.3 is 15.4 Å². The van der Waals surface area contributed by atoms with E-state index >= 15 is 0 Å². The fraction of sp³-hybridized carbons (Fsp3) is 0.304. The van der Waals surface area contributed by atoms with Gasteiger partial charge in [0.25, 0.3) is 11.8 Å². The molecule has 0 spiro atoms. The monoisotopic (exact) mass is 447 g/mol. The van der Waals surface area contributed by atoms with E-state index in [2.05, 4.69) is 32.0 Å². The van der Waals surface area contributed by atoms with Gasteiger partial charge in [-0.2, -0.15) is 5.26 Å². The summed E-state index contributed by atoms with van der Waals surface area (Å²) in [6, 6.07) is 12.1. The van der Waals surface area contributed by atoms with E-state index in [-0.39, 0.29) is 23.8 Å². The van der Waals surface area contributed by atoms with Gasteiger partial charge in [0.15, 0.2) is 5.69 Å². The highest BCUT2D eigenvalue weighted by Gasteiger charge is 2.18. The molecule has 2 amide bonds. The third kappa shape index (κ3) is 6.36. The van der Waals surface area contributed by atoms with Crippen LogP contribution >= 0.6 is 0 Å². The number of amides is 2. The summed E-state index contributed by atoms with van der Waals surface area (Å²) in [5.41, 5.74) is 2.20. The zero-order valence-electron chi connectivity index (χ0n) is 18.5. The Balaban J connectivity index is 1.50. The summed E-state index contributed by atoms with van der Waals surface area (Å²) in [6.45, 7) is 5.01. The topological polar surface area (TPSA) is 135 Å². The first-order valence-electron chi connectivity index (χ1n) is 10.6. The molecule has 1 aromatic carbocycles. The van der Waals surface area contributed by atoms with Gasteiger partial charge in [-0.05, 0) is 36.6 Å². The van der Waals surface area contributed by atoms with Crippen LogP contribution in [0.5, 0.6) is 5.75 Å². The van der Waals surface area contributed by atoms with E-state index in [1.165, 1.54) is 17.1 Å². The molecule has 0 aliphatic heterocycles. The van der Waals surface area contributed by atoms with E-state index in [1.807, 2.05) is 38.1 Å². The number of pyridine rings is 1. The average molecular weight is 447 g/mol. The number of carbonyl (C=O) groups excluding carboxylic acids is 2. The summed E-state index contributed by atoms with van der Waals surface area (Å²) in [5.74, 6) is -0.240. The molecule has 3 aromatic rings. The number of ether oxygens (including phenoxy) is 1. The Labute approximate surface area is 191 Å². The summed E-state index contributed by atoms with van der Waals surface area (Å²) >= 11 is 0. The van der Waals surface area contributed by atoms with E-state index in [0.717, 1.165) is 12.0 Å². The molecule has 0 aliphatic rings. The number of hydrogen-bond acceptors (Lipinski definition) is 7. The van der Waals surface area contributed by atoms with Gasteiger partial charge in [-0.25, -0.2) is 9.67 Å². The van der Waals surface area contributed by atoms with Gasteiger partial charge >= 0.3 is 0 Å². The standard InChI is InChI=1S/C23H25N7O3/c1-3-16-5-7-17(8-6-16)20(13-24)27-23(32)21-15-30(29-28-21)12-11-25-22(31)19-10-9-18(14-26-19)33-4-2/h5-10,14-15,20H,3-4,11-12H2,1-2H3,(H,25,31)(H,27,32). The van der Waals surface area contributed by atoms with Crippen molar-refractivity contribution in [3.8, 4) is 11.8 Å². The lowest BCUT2D eigenvalue weighted by Crippen LogP contribution is -2.28. The second-order valence-electron chi connectivity index (χ2n) is 7.07. The van der Waals surface area contributed by atoms with Crippen LogP contribution in [0.4, 0.5) is 0 Å². The van der Waals surface area contributed by atoms with Gasteiger partial charge in [-0.1, -0.05) is 36.4 Å². The molecular weight excluding hydrogens is 422 g/mol. The van der Waals surface area contributed by atoms with E-state index in [0.29, 0.717) is 24.5 Å². The second-order valence-corrected chi connectivity index (χ2v) is 7.07. The maximum Gasteiger partial charge on any atom is 0.274 e. The molecule has 33 heavy (non-hydrogen) atoms. The zero-order chi connectivity index (χ0) is 23.6. The van der Waals surface area contributed by atoms with Gasteiger partial charge in [0.05, 0.1) is 31.6 Å². The normalized spacial score (nSPS) is 11.3. The number of nitriles is 1. The highest BCUT2D eigenvalue weighted by molar-refractivity contribution is 5.92. The second kappa shape index (κ2) is 11.4. The number of hydrogen-bond donors (Lipinski definition) is 2. The van der Waals surface area contributed by atoms with Crippen molar-refractivity contribution in [2.45, 2.75) is 32.9 Å². The van der Waals surface area contributed by atoms with Crippen LogP contribution in [0, 0.1) is 11.3 Å². The summed E-state index contributed by atoms with van der Waals surface area (Å²) in [6.07, 6.45) is 3.85. The third-order valence-corrected chi connectivity index (χ3v) is 4.80. The Hall–Kier alpha value is -4.26. The largest absolute Gasteiger partial charge is 0.492 e. The van der Waals surface area contributed by atoms with Crippen molar-refractivity contribution in [2.24, 2.45) is 0 Å². The fourth-order valence-electron chi connectivity index (χ4n) is 2.99. The molecule has 10 nitrogen and oxygen atoms in total. The van der Waals surface area contributed by atoms with Crippen molar-refractivity contribution >= 4 is 11.8 Å². The van der Waals surface area contributed by atoms with Crippen LogP contribution in [0.15, 0.2) is 48.8 Å². The van der Waals surface area contributed by atoms with Crippen LogP contribution in [-0.4, -0.2) is 44.9 Å². The van der Waals surface area contributed by atoms with Gasteiger partial charge in [-0.15, -0.1) is 5.10 Å². The zero-order valence-corrected chi connectivity index (χ0v) is 18.5. The van der Waals surface area contributed by atoms with Crippen molar-refractivity contribution in [1.29, 1.82) is 5.26 Å². The number of carbonyl (C=O) groups is 2. The van der Waals surface area contributed by atoms with Crippen LogP contribution in [0.25, 0.3) is 0 Å². The molecule has 170 valence electrons. The number of benzene rings is 1. The van der Waals surface area contributed by atoms with E-state index in [1.54, 1.807) is 12.1 Å². The molecule has 2 aromatic heterocycles. The Morgan fingerprint density at radius 3 is 2.55 bits per heavy atom. The predicted molar refractivity (Wildman–Crippen MR) is 119 cm³/mol. The van der Waals surface area contributed by atoms with Crippen molar-refractivity contribution in [1.82, 2.24) is 30.6 Å². The van der Waals surface area contributed by atoms with Crippen LogP contribution in [-0.2, 0) is 13.0 Å². The van der Waals surface area contributed by atoms with Crippen molar-refractivity contribution in [3.05, 3.63) is 71.3 Å². The fourth-order valence-corrected chi connectivity index (χ4v) is 2.99. The molecule has 0 bridgehead atoms. The summed E-state index contributed by atoms with van der Waals surface area (Å²) in [5, 5.41) is 22.6. The molecule has 0 radical (unpaired) electrons. The lowest BCUT2D eigenvalue weighted by atomic mass is 10.0. The lowest BCUT2D eigenvalue weighted by Gasteiger charge is -2.11. The number of rotatable bonds is 10. The molecule has 2 heterocycles. The van der Waals surface area contributed by atoms with Gasteiger partial charge in [0.1, 0.15) is 17.5 Å². The predicted octanol–water partition coefficient (Wildman–Crippen LogP) is 2.06. The van der Waals surface area contributed by atoms with Crippen LogP contribution in [0.3, 0.4) is 0 Å². The van der Waals surface area contributed by atoms with Crippen molar-refractivity contribution in [2.75, 3.05) is 13.2 Å². The van der Waals surface area contributed by atoms with Gasteiger partial charge in [0.2, 0.25) is 0 Å². The maximum atomic E-state index is 12.5. The third-order valence-electron chi connectivity index (χ3n) is 4.80. The summed E-state index contributed by atoms with van der Waals surface area (Å²) in [7, 11) is 0.